The van der Waals surface area contributed by atoms with Crippen LogP contribution < -0.4 is 0 Å². The lowest BCUT2D eigenvalue weighted by molar-refractivity contribution is 1.44. The van der Waals surface area contributed by atoms with Gasteiger partial charge in [0.15, 0.2) is 0 Å². The number of hydrogen-bond acceptors (Lipinski definition) is 6. The Kier molecular flexibility index (Phi) is 9.28. The molecule has 6 heteroatoms. The van der Waals surface area contributed by atoms with Crippen molar-refractivity contribution in [2.24, 2.45) is 0 Å². The predicted octanol–water partition coefficient (Wildman–Crippen LogP) is 10.9. The van der Waals surface area contributed by atoms with Gasteiger partial charge in [0.2, 0.25) is 0 Å². The third-order valence-electron chi connectivity index (χ3n) is 9.26. The highest BCUT2D eigenvalue weighted by molar-refractivity contribution is 6.16. The van der Waals surface area contributed by atoms with Crippen LogP contribution in [0.25, 0.3) is 66.8 Å². The van der Waals surface area contributed by atoms with Crippen molar-refractivity contribution in [1.29, 1.82) is 31.6 Å². The van der Waals surface area contributed by atoms with E-state index in [-0.39, 0.29) is 0 Å². The van der Waals surface area contributed by atoms with Crippen molar-refractivity contribution in [2.45, 2.75) is 0 Å². The SMILES string of the molecule is N#Cc1cccc(-c2c(-c3cccc(C#N)c3)c(-c3cccc(C#N)c3)c(-c3ccccc3C#N)c(-c3ccccc3C#N)c2-c2cccc(C#N)c2)c1. The molecule has 0 fully saturated rings. The molecule has 0 unspecified atom stereocenters. The van der Waals surface area contributed by atoms with Crippen LogP contribution in [0.3, 0.4) is 0 Å². The third kappa shape index (κ3) is 6.09. The van der Waals surface area contributed by atoms with Gasteiger partial charge in [-0.25, -0.2) is 0 Å². The first kappa shape index (κ1) is 34.0. The zero-order valence-electron chi connectivity index (χ0n) is 28.5. The molecular formula is C48H24N6. The van der Waals surface area contributed by atoms with Crippen LogP contribution in [0.1, 0.15) is 33.4 Å². The molecule has 0 aliphatic rings. The lowest BCUT2D eigenvalue weighted by atomic mass is 9.73. The van der Waals surface area contributed by atoms with Crippen LogP contribution in [0.5, 0.6) is 0 Å². The summed E-state index contributed by atoms with van der Waals surface area (Å²) in [6, 6.07) is 57.2. The van der Waals surface area contributed by atoms with E-state index in [1.54, 1.807) is 97.1 Å². The summed E-state index contributed by atoms with van der Waals surface area (Å²) in [7, 11) is 0. The molecule has 0 aromatic heterocycles. The molecule has 0 bridgehead atoms. The Morgan fingerprint density at radius 2 is 0.537 bits per heavy atom. The van der Waals surface area contributed by atoms with Gasteiger partial charge < -0.3 is 0 Å². The van der Waals surface area contributed by atoms with E-state index >= 15 is 0 Å². The highest BCUT2D eigenvalue weighted by atomic mass is 14.4. The molecule has 6 nitrogen and oxygen atoms in total. The predicted molar refractivity (Wildman–Crippen MR) is 207 cm³/mol. The first-order chi connectivity index (χ1) is 26.5. The van der Waals surface area contributed by atoms with Crippen molar-refractivity contribution in [1.82, 2.24) is 0 Å². The minimum atomic E-state index is 0.374. The van der Waals surface area contributed by atoms with Crippen LogP contribution in [0.15, 0.2) is 146 Å². The summed E-state index contributed by atoms with van der Waals surface area (Å²) >= 11 is 0. The van der Waals surface area contributed by atoms with E-state index in [0.29, 0.717) is 100 Å². The maximum atomic E-state index is 10.6. The molecule has 0 spiro atoms. The van der Waals surface area contributed by atoms with E-state index in [1.165, 1.54) is 0 Å². The Morgan fingerprint density at radius 3 is 0.815 bits per heavy atom. The van der Waals surface area contributed by atoms with Crippen molar-refractivity contribution >= 4 is 0 Å². The average Bonchev–Trinajstić information content (AvgIpc) is 3.25. The van der Waals surface area contributed by atoms with Gasteiger partial charge in [0.25, 0.3) is 0 Å². The highest BCUT2D eigenvalue weighted by Gasteiger charge is 2.31. The normalized spacial score (nSPS) is 10.1. The van der Waals surface area contributed by atoms with Crippen molar-refractivity contribution < 1.29 is 0 Å². The summed E-state index contributed by atoms with van der Waals surface area (Å²) in [5.74, 6) is 0. The molecule has 246 valence electrons. The second kappa shape index (κ2) is 14.8. The molecular weight excluding hydrogens is 661 g/mol. The summed E-state index contributed by atoms with van der Waals surface area (Å²) < 4.78 is 0. The molecule has 0 heterocycles. The Morgan fingerprint density at radius 1 is 0.259 bits per heavy atom. The lowest BCUT2D eigenvalue weighted by Crippen LogP contribution is -2.04. The van der Waals surface area contributed by atoms with Crippen LogP contribution in [-0.2, 0) is 0 Å². The summed E-state index contributed by atoms with van der Waals surface area (Å²) in [6.07, 6.45) is 0. The van der Waals surface area contributed by atoms with Gasteiger partial charge in [-0.15, -0.1) is 0 Å². The van der Waals surface area contributed by atoms with Gasteiger partial charge in [-0.3, -0.25) is 0 Å². The Balaban J connectivity index is 1.92. The van der Waals surface area contributed by atoms with Crippen LogP contribution in [0, 0.1) is 68.0 Å². The topological polar surface area (TPSA) is 143 Å². The van der Waals surface area contributed by atoms with Gasteiger partial charge in [-0.2, -0.15) is 31.6 Å². The molecule has 7 aromatic rings. The second-order valence-corrected chi connectivity index (χ2v) is 12.3. The fraction of sp³-hybridized carbons (Fsp3) is 0. The molecule has 0 aliphatic heterocycles. The van der Waals surface area contributed by atoms with E-state index in [1.807, 2.05) is 48.5 Å². The zero-order valence-corrected chi connectivity index (χ0v) is 28.5. The van der Waals surface area contributed by atoms with E-state index in [0.717, 1.165) is 0 Å². The van der Waals surface area contributed by atoms with Gasteiger partial charge in [0, 0.05) is 11.1 Å². The largest absolute Gasteiger partial charge is 0.192 e. The molecule has 54 heavy (non-hydrogen) atoms. The van der Waals surface area contributed by atoms with Gasteiger partial charge in [0.05, 0.1) is 69.8 Å². The number of nitrogens with zero attached hydrogens (tertiary/aromatic N) is 6. The van der Waals surface area contributed by atoms with E-state index in [2.05, 4.69) is 36.4 Å². The zero-order chi connectivity index (χ0) is 37.6. The fourth-order valence-electron chi connectivity index (χ4n) is 7.02. The number of hydrogen-bond donors (Lipinski definition) is 0. The quantitative estimate of drug-likeness (QED) is 0.170. The average molecular weight is 685 g/mol. The van der Waals surface area contributed by atoms with Gasteiger partial charge in [-0.1, -0.05) is 84.9 Å². The molecule has 0 saturated heterocycles. The van der Waals surface area contributed by atoms with Crippen molar-refractivity contribution in [2.75, 3.05) is 0 Å². The molecule has 0 radical (unpaired) electrons. The van der Waals surface area contributed by atoms with E-state index in [9.17, 15) is 31.6 Å². The Hall–Kier alpha value is -8.52. The lowest BCUT2D eigenvalue weighted by Gasteiger charge is -2.29. The standard InChI is InChI=1S/C48H24N6/c49-25-31-9-5-15-35(21-31)43-44(36-16-6-10-32(22-36)26-50)46(38-18-8-12-34(24-38)28-52)48(42-20-4-2-14-40(42)30-54)47(41-19-3-1-13-39(41)29-53)45(43)37-17-7-11-33(23-37)27-51/h1-24H. The molecule has 0 atom stereocenters. The molecule has 0 amide bonds. The van der Waals surface area contributed by atoms with Crippen molar-refractivity contribution in [3.8, 4) is 103 Å². The van der Waals surface area contributed by atoms with Crippen LogP contribution >= 0.6 is 0 Å². The highest BCUT2D eigenvalue weighted by Crippen LogP contribution is 2.56. The maximum Gasteiger partial charge on any atom is 0.0998 e. The van der Waals surface area contributed by atoms with Gasteiger partial charge in [-0.05, 0) is 116 Å². The first-order valence-electron chi connectivity index (χ1n) is 16.8. The summed E-state index contributed by atoms with van der Waals surface area (Å²) in [5, 5.41) is 61.8. The van der Waals surface area contributed by atoms with Gasteiger partial charge in [0.1, 0.15) is 0 Å². The smallest absolute Gasteiger partial charge is 0.0998 e. The minimum Gasteiger partial charge on any atom is -0.192 e. The van der Waals surface area contributed by atoms with E-state index < -0.39 is 0 Å². The number of nitriles is 6. The maximum absolute atomic E-state index is 10.6. The van der Waals surface area contributed by atoms with E-state index in [4.69, 9.17) is 0 Å². The summed E-state index contributed by atoms with van der Waals surface area (Å²) in [6.45, 7) is 0. The van der Waals surface area contributed by atoms with Crippen LogP contribution in [0.2, 0.25) is 0 Å². The Bertz CT molecular complexity index is 2710. The van der Waals surface area contributed by atoms with Gasteiger partial charge >= 0.3 is 0 Å². The molecule has 0 saturated carbocycles. The Labute approximate surface area is 312 Å². The number of benzene rings is 7. The first-order valence-corrected chi connectivity index (χ1v) is 16.8. The van der Waals surface area contributed by atoms with Crippen LogP contribution in [0.4, 0.5) is 0 Å². The number of rotatable bonds is 6. The second-order valence-electron chi connectivity index (χ2n) is 12.3. The molecule has 7 rings (SSSR count). The van der Waals surface area contributed by atoms with Crippen LogP contribution in [-0.4, -0.2) is 0 Å². The minimum absolute atomic E-state index is 0.374. The van der Waals surface area contributed by atoms with Crippen molar-refractivity contribution in [3.63, 3.8) is 0 Å². The molecule has 0 aliphatic carbocycles. The molecule has 0 N–H and O–H groups in total. The monoisotopic (exact) mass is 684 g/mol. The summed E-state index contributed by atoms with van der Waals surface area (Å²) in [4.78, 5) is 0. The molecule has 7 aromatic carbocycles. The van der Waals surface area contributed by atoms with Crippen molar-refractivity contribution in [3.05, 3.63) is 179 Å². The summed E-state index contributed by atoms with van der Waals surface area (Å²) in [5.41, 5.74) is 10.00. The third-order valence-corrected chi connectivity index (χ3v) is 9.26. The fourth-order valence-corrected chi connectivity index (χ4v) is 7.02.